The van der Waals surface area contributed by atoms with Crippen molar-refractivity contribution in [2.75, 3.05) is 0 Å². The molecule has 0 aliphatic carbocycles. The van der Waals surface area contributed by atoms with Crippen LogP contribution in [-0.4, -0.2) is 19.9 Å². The van der Waals surface area contributed by atoms with Gasteiger partial charge in [-0.1, -0.05) is 0 Å². The van der Waals surface area contributed by atoms with Gasteiger partial charge >= 0.3 is 0 Å². The molecule has 0 fully saturated rings. The van der Waals surface area contributed by atoms with Crippen LogP contribution in [-0.2, 0) is 25.7 Å². The van der Waals surface area contributed by atoms with Gasteiger partial charge in [-0.05, 0) is 74.2 Å². The highest BCUT2D eigenvalue weighted by Gasteiger charge is 2.07. The number of rotatable bonds is 0. The van der Waals surface area contributed by atoms with Crippen LogP contribution in [0.1, 0.15) is 22.8 Å². The molecule has 3 aromatic heterocycles. The zero-order valence-electron chi connectivity index (χ0n) is 13.7. The third-order valence-corrected chi connectivity index (χ3v) is 4.60. The topological polar surface area (TPSA) is 57.4 Å². The first-order chi connectivity index (χ1) is 11.8. The van der Waals surface area contributed by atoms with Crippen molar-refractivity contribution in [1.29, 1.82) is 0 Å². The van der Waals surface area contributed by atoms with Crippen LogP contribution in [0.2, 0.25) is 0 Å². The molecule has 0 saturated carbocycles. The van der Waals surface area contributed by atoms with E-state index in [0.29, 0.717) is 0 Å². The smallest absolute Gasteiger partial charge is 0.0431 e. The van der Waals surface area contributed by atoms with Crippen molar-refractivity contribution in [3.63, 3.8) is 0 Å². The fourth-order valence-electron chi connectivity index (χ4n) is 3.44. The minimum absolute atomic E-state index is 0. The van der Waals surface area contributed by atoms with Crippen LogP contribution in [0.5, 0.6) is 0 Å². The molecule has 0 amide bonds. The number of H-pyrrole nitrogens is 2. The van der Waals surface area contributed by atoms with Gasteiger partial charge in [-0.3, -0.25) is 9.97 Å². The predicted molar refractivity (Wildman–Crippen MR) is 103 cm³/mol. The highest BCUT2D eigenvalue weighted by Crippen LogP contribution is 2.16. The Labute approximate surface area is 151 Å². The zero-order chi connectivity index (χ0) is 15.9. The number of hydrogen-bond donors (Lipinski definition) is 2. The maximum Gasteiger partial charge on any atom is 0.0431 e. The van der Waals surface area contributed by atoms with Crippen LogP contribution >= 0.6 is 12.4 Å². The lowest BCUT2D eigenvalue weighted by molar-refractivity contribution is 1.02. The molecule has 5 heterocycles. The maximum atomic E-state index is 4.76. The summed E-state index contributed by atoms with van der Waals surface area (Å²) in [6.07, 6.45) is 3.98. The molecule has 2 aliphatic rings. The highest BCUT2D eigenvalue weighted by atomic mass is 35.5. The second-order valence-corrected chi connectivity index (χ2v) is 6.50. The molecule has 0 atom stereocenters. The molecule has 5 heteroatoms. The zero-order valence-corrected chi connectivity index (χ0v) is 14.6. The number of aromatic nitrogens is 4. The van der Waals surface area contributed by atoms with Gasteiger partial charge in [0.25, 0.3) is 0 Å². The second kappa shape index (κ2) is 6.37. The first-order valence-electron chi connectivity index (χ1n) is 8.44. The van der Waals surface area contributed by atoms with Crippen molar-refractivity contribution in [3.8, 4) is 0 Å². The molecular weight excluding hydrogens is 332 g/mol. The third kappa shape index (κ3) is 3.30. The van der Waals surface area contributed by atoms with E-state index in [-0.39, 0.29) is 12.4 Å². The van der Waals surface area contributed by atoms with Crippen molar-refractivity contribution in [1.82, 2.24) is 19.9 Å². The summed E-state index contributed by atoms with van der Waals surface area (Å²) in [5.41, 5.74) is 8.94. The molecule has 0 radical (unpaired) electrons. The van der Waals surface area contributed by atoms with E-state index in [1.54, 1.807) is 0 Å². The van der Waals surface area contributed by atoms with Gasteiger partial charge in [-0.15, -0.1) is 12.4 Å². The predicted octanol–water partition coefficient (Wildman–Crippen LogP) is 4.31. The van der Waals surface area contributed by atoms with Crippen molar-refractivity contribution in [2.24, 2.45) is 0 Å². The molecule has 0 unspecified atom stereocenters. The van der Waals surface area contributed by atoms with Crippen LogP contribution in [0.4, 0.5) is 0 Å². The molecule has 0 aromatic carbocycles. The molecular formula is C20H19ClN4. The number of fused-ring (bicyclic) bond motifs is 8. The molecule has 25 heavy (non-hydrogen) atoms. The van der Waals surface area contributed by atoms with Gasteiger partial charge < -0.3 is 9.97 Å². The molecule has 0 saturated heterocycles. The van der Waals surface area contributed by atoms with Gasteiger partial charge in [-0.25, -0.2) is 0 Å². The van der Waals surface area contributed by atoms with Crippen molar-refractivity contribution >= 4 is 34.5 Å². The average Bonchev–Trinajstić information content (AvgIpc) is 3.32. The Kier molecular flexibility index (Phi) is 4.06. The van der Waals surface area contributed by atoms with Gasteiger partial charge in [0.2, 0.25) is 0 Å². The normalized spacial score (nSPS) is 13.4. The summed E-state index contributed by atoms with van der Waals surface area (Å²) in [5.74, 6) is 0. The molecule has 4 nitrogen and oxygen atoms in total. The Morgan fingerprint density at radius 3 is 1.08 bits per heavy atom. The Balaban J connectivity index is 0.00000157. The fraction of sp³-hybridized carbons (Fsp3) is 0.200. The van der Waals surface area contributed by atoms with Crippen LogP contribution in [0.3, 0.4) is 0 Å². The summed E-state index contributed by atoms with van der Waals surface area (Å²) in [6, 6.07) is 17.0. The van der Waals surface area contributed by atoms with E-state index in [1.165, 1.54) is 0 Å². The lowest BCUT2D eigenvalue weighted by Gasteiger charge is -1.85. The van der Waals surface area contributed by atoms with Crippen LogP contribution in [0, 0.1) is 0 Å². The summed E-state index contributed by atoms with van der Waals surface area (Å²) >= 11 is 0. The standard InChI is InChI=1S/C20H18N4.ClH/c1-2-14-10-16-5-6-18(23-16)12-20-8-7-19(24-20)11-17-4-3-15(22-17)9-13(1)21-14;/h1-2,7-12,21,24H,3-6H2;1H. The Morgan fingerprint density at radius 2 is 0.800 bits per heavy atom. The van der Waals surface area contributed by atoms with E-state index in [2.05, 4.69) is 58.5 Å². The van der Waals surface area contributed by atoms with E-state index in [0.717, 1.165) is 70.5 Å². The summed E-state index contributed by atoms with van der Waals surface area (Å²) < 4.78 is 0. The largest absolute Gasteiger partial charge is 0.355 e. The van der Waals surface area contributed by atoms with Crippen LogP contribution in [0.15, 0.2) is 48.5 Å². The summed E-state index contributed by atoms with van der Waals surface area (Å²) in [6.45, 7) is 0. The first kappa shape index (κ1) is 15.9. The first-order valence-corrected chi connectivity index (χ1v) is 8.44. The molecule has 0 spiro atoms. The summed E-state index contributed by atoms with van der Waals surface area (Å²) in [4.78, 5) is 16.4. The number of aryl methyl sites for hydroxylation is 4. The van der Waals surface area contributed by atoms with Gasteiger partial charge in [0, 0.05) is 44.8 Å². The molecule has 2 aliphatic heterocycles. The van der Waals surface area contributed by atoms with Gasteiger partial charge in [0.15, 0.2) is 0 Å². The minimum atomic E-state index is 0. The number of nitrogens with zero attached hydrogens (tertiary/aromatic N) is 2. The molecule has 5 rings (SSSR count). The van der Waals surface area contributed by atoms with E-state index >= 15 is 0 Å². The number of aromatic amines is 2. The van der Waals surface area contributed by atoms with Crippen LogP contribution in [0.25, 0.3) is 22.1 Å². The van der Waals surface area contributed by atoms with E-state index in [9.17, 15) is 0 Å². The monoisotopic (exact) mass is 350 g/mol. The number of hydrogen-bond acceptors (Lipinski definition) is 2. The molecule has 3 aromatic rings. The second-order valence-electron chi connectivity index (χ2n) is 6.50. The molecule has 8 bridgehead atoms. The Hall–Kier alpha value is -2.59. The number of halogens is 1. The van der Waals surface area contributed by atoms with Crippen LogP contribution < -0.4 is 0 Å². The third-order valence-electron chi connectivity index (χ3n) is 4.60. The Bertz CT molecular complexity index is 913. The van der Waals surface area contributed by atoms with Gasteiger partial charge in [-0.2, -0.15) is 0 Å². The fourth-order valence-corrected chi connectivity index (χ4v) is 3.44. The van der Waals surface area contributed by atoms with E-state index in [4.69, 9.17) is 9.97 Å². The lowest BCUT2D eigenvalue weighted by atomic mass is 10.2. The van der Waals surface area contributed by atoms with Gasteiger partial charge in [0.05, 0.1) is 0 Å². The quantitative estimate of drug-likeness (QED) is 0.634. The average molecular weight is 351 g/mol. The van der Waals surface area contributed by atoms with E-state index in [1.807, 2.05) is 0 Å². The van der Waals surface area contributed by atoms with Crippen molar-refractivity contribution < 1.29 is 0 Å². The highest BCUT2D eigenvalue weighted by molar-refractivity contribution is 5.85. The molecule has 2 N–H and O–H groups in total. The SMILES string of the molecule is Cl.c1cc2cc3nc(cc4ccc(cc5nc(cc1[nH]2)CC5)[nH]4)CC3. The maximum absolute atomic E-state index is 4.76. The summed E-state index contributed by atoms with van der Waals surface area (Å²) in [7, 11) is 0. The lowest BCUT2D eigenvalue weighted by Crippen LogP contribution is -1.78. The van der Waals surface area contributed by atoms with Crippen molar-refractivity contribution in [3.05, 3.63) is 71.3 Å². The number of nitrogens with one attached hydrogen (secondary N) is 2. The molecule has 126 valence electrons. The van der Waals surface area contributed by atoms with E-state index < -0.39 is 0 Å². The van der Waals surface area contributed by atoms with Gasteiger partial charge in [0.1, 0.15) is 0 Å². The van der Waals surface area contributed by atoms with Crippen molar-refractivity contribution in [2.45, 2.75) is 25.7 Å². The minimum Gasteiger partial charge on any atom is -0.355 e. The summed E-state index contributed by atoms with van der Waals surface area (Å²) in [5, 5.41) is 0. The Morgan fingerprint density at radius 1 is 0.520 bits per heavy atom.